The van der Waals surface area contributed by atoms with Gasteiger partial charge in [-0.15, -0.1) is 5.06 Å². The molecule has 0 bridgehead atoms. The van der Waals surface area contributed by atoms with Crippen LogP contribution in [-0.2, 0) is 9.63 Å². The van der Waals surface area contributed by atoms with Gasteiger partial charge in [-0.05, 0) is 32.1 Å². The predicted molar refractivity (Wildman–Crippen MR) is 113 cm³/mol. The molecule has 0 unspecified atom stereocenters. The number of hydroxylamine groups is 2. The molecule has 166 valence electrons. The van der Waals surface area contributed by atoms with Gasteiger partial charge in [0.1, 0.15) is 0 Å². The highest BCUT2D eigenvalue weighted by Gasteiger charge is 2.10. The minimum Gasteiger partial charge on any atom is -0.395 e. The number of rotatable bonds is 20. The van der Waals surface area contributed by atoms with Gasteiger partial charge in [0, 0.05) is 6.42 Å². The molecular formula is C22H43NO5. The Balaban J connectivity index is 3.50. The highest BCUT2D eigenvalue weighted by Crippen LogP contribution is 2.11. The summed E-state index contributed by atoms with van der Waals surface area (Å²) in [6, 6.07) is 0. The van der Waals surface area contributed by atoms with Crippen molar-refractivity contribution in [2.75, 3.05) is 26.3 Å². The highest BCUT2D eigenvalue weighted by molar-refractivity contribution is 5.68. The number of aliphatic hydroxyl groups excluding tert-OH is 3. The Morgan fingerprint density at radius 1 is 0.929 bits per heavy atom. The first-order valence-corrected chi connectivity index (χ1v) is 11.1. The van der Waals surface area contributed by atoms with Gasteiger partial charge in [0.2, 0.25) is 0 Å². The van der Waals surface area contributed by atoms with Gasteiger partial charge >= 0.3 is 5.97 Å². The molecule has 0 saturated carbocycles. The van der Waals surface area contributed by atoms with Crippen molar-refractivity contribution in [2.45, 2.75) is 96.5 Å². The summed E-state index contributed by atoms with van der Waals surface area (Å²) in [5.41, 5.74) is 0. The van der Waals surface area contributed by atoms with Crippen molar-refractivity contribution in [1.29, 1.82) is 0 Å². The Hall–Kier alpha value is -0.950. The van der Waals surface area contributed by atoms with E-state index < -0.39 is 0 Å². The fraction of sp³-hybridized carbons (Fsp3) is 0.864. The van der Waals surface area contributed by atoms with Crippen LogP contribution in [0.1, 0.15) is 90.4 Å². The van der Waals surface area contributed by atoms with Gasteiger partial charge in [-0.1, -0.05) is 64.0 Å². The number of hydrogen-bond donors (Lipinski definition) is 3. The van der Waals surface area contributed by atoms with Crippen molar-refractivity contribution in [3.05, 3.63) is 12.2 Å². The maximum atomic E-state index is 11.7. The SMILES string of the molecule is CCCCCC[C@@H](O)C/C=C\CCCCCCCC(=O)ON(CCO)CCO. The lowest BCUT2D eigenvalue weighted by Gasteiger charge is -2.18. The summed E-state index contributed by atoms with van der Waals surface area (Å²) in [6.45, 7) is 2.41. The van der Waals surface area contributed by atoms with Crippen LogP contribution in [0, 0.1) is 0 Å². The largest absolute Gasteiger partial charge is 0.395 e. The molecular weight excluding hydrogens is 358 g/mol. The van der Waals surface area contributed by atoms with Crippen LogP contribution >= 0.6 is 0 Å². The molecule has 0 aromatic rings. The van der Waals surface area contributed by atoms with E-state index in [9.17, 15) is 9.90 Å². The molecule has 0 rings (SSSR count). The number of allylic oxidation sites excluding steroid dienone is 1. The summed E-state index contributed by atoms with van der Waals surface area (Å²) >= 11 is 0. The first-order valence-electron chi connectivity index (χ1n) is 11.1. The van der Waals surface area contributed by atoms with E-state index in [1.165, 1.54) is 24.3 Å². The quantitative estimate of drug-likeness (QED) is 0.164. The van der Waals surface area contributed by atoms with E-state index >= 15 is 0 Å². The van der Waals surface area contributed by atoms with E-state index in [4.69, 9.17) is 15.1 Å². The molecule has 0 aliphatic carbocycles. The summed E-state index contributed by atoms with van der Waals surface area (Å²) in [6.07, 6.45) is 17.1. The Morgan fingerprint density at radius 3 is 2.25 bits per heavy atom. The first-order chi connectivity index (χ1) is 13.6. The minimum atomic E-state index is -0.307. The highest BCUT2D eigenvalue weighted by atomic mass is 16.7. The first kappa shape index (κ1) is 27.0. The van der Waals surface area contributed by atoms with Crippen molar-refractivity contribution < 1.29 is 25.0 Å². The van der Waals surface area contributed by atoms with E-state index in [1.54, 1.807) is 0 Å². The Bertz CT molecular complexity index is 370. The van der Waals surface area contributed by atoms with Crippen molar-refractivity contribution in [2.24, 2.45) is 0 Å². The molecule has 0 heterocycles. The monoisotopic (exact) mass is 401 g/mol. The molecule has 28 heavy (non-hydrogen) atoms. The molecule has 0 fully saturated rings. The number of aliphatic hydroxyl groups is 3. The molecule has 0 saturated heterocycles. The van der Waals surface area contributed by atoms with Gasteiger partial charge in [0.25, 0.3) is 0 Å². The van der Waals surface area contributed by atoms with E-state index in [1.807, 2.05) is 0 Å². The Kier molecular flexibility index (Phi) is 20.1. The lowest BCUT2D eigenvalue weighted by atomic mass is 10.1. The average Bonchev–Trinajstić information content (AvgIpc) is 2.67. The van der Waals surface area contributed by atoms with Crippen molar-refractivity contribution in [3.8, 4) is 0 Å². The van der Waals surface area contributed by atoms with Crippen LogP contribution in [0.4, 0.5) is 0 Å². The van der Waals surface area contributed by atoms with Gasteiger partial charge in [0.15, 0.2) is 0 Å². The van der Waals surface area contributed by atoms with Crippen LogP contribution in [0.25, 0.3) is 0 Å². The van der Waals surface area contributed by atoms with Crippen LogP contribution in [0.3, 0.4) is 0 Å². The third-order valence-electron chi connectivity index (χ3n) is 4.65. The zero-order valence-electron chi connectivity index (χ0n) is 17.9. The van der Waals surface area contributed by atoms with Crippen molar-refractivity contribution in [1.82, 2.24) is 5.06 Å². The minimum absolute atomic E-state index is 0.111. The second kappa shape index (κ2) is 20.8. The van der Waals surface area contributed by atoms with Crippen molar-refractivity contribution >= 4 is 5.97 Å². The second-order valence-electron chi connectivity index (χ2n) is 7.36. The zero-order chi connectivity index (χ0) is 20.9. The fourth-order valence-corrected chi connectivity index (χ4v) is 2.97. The molecule has 0 spiro atoms. The predicted octanol–water partition coefficient (Wildman–Crippen LogP) is 3.74. The van der Waals surface area contributed by atoms with Crippen LogP contribution in [0.5, 0.6) is 0 Å². The smallest absolute Gasteiger partial charge is 0.325 e. The summed E-state index contributed by atoms with van der Waals surface area (Å²) in [5.74, 6) is -0.307. The molecule has 0 aliphatic rings. The van der Waals surface area contributed by atoms with Crippen LogP contribution < -0.4 is 0 Å². The van der Waals surface area contributed by atoms with Crippen LogP contribution in [-0.4, -0.2) is 58.8 Å². The molecule has 0 aromatic heterocycles. The van der Waals surface area contributed by atoms with Gasteiger partial charge in [-0.3, -0.25) is 4.79 Å². The molecule has 0 amide bonds. The summed E-state index contributed by atoms with van der Waals surface area (Å²) in [7, 11) is 0. The topological polar surface area (TPSA) is 90.2 Å². The number of nitrogens with zero attached hydrogens (tertiary/aromatic N) is 1. The number of hydrogen-bond acceptors (Lipinski definition) is 6. The summed E-state index contributed by atoms with van der Waals surface area (Å²) < 4.78 is 0. The second-order valence-corrected chi connectivity index (χ2v) is 7.36. The molecule has 6 heteroatoms. The van der Waals surface area contributed by atoms with Crippen LogP contribution in [0.15, 0.2) is 12.2 Å². The maximum Gasteiger partial charge on any atom is 0.325 e. The maximum absolute atomic E-state index is 11.7. The third-order valence-corrected chi connectivity index (χ3v) is 4.65. The van der Waals surface area contributed by atoms with Gasteiger partial charge in [-0.25, -0.2) is 0 Å². The zero-order valence-corrected chi connectivity index (χ0v) is 17.9. The van der Waals surface area contributed by atoms with Gasteiger partial charge < -0.3 is 20.2 Å². The Labute approximate surface area is 171 Å². The van der Waals surface area contributed by atoms with Crippen LogP contribution in [0.2, 0.25) is 0 Å². The fourth-order valence-electron chi connectivity index (χ4n) is 2.97. The molecule has 0 aliphatic heterocycles. The van der Waals surface area contributed by atoms with Crippen molar-refractivity contribution in [3.63, 3.8) is 0 Å². The van der Waals surface area contributed by atoms with E-state index in [0.717, 1.165) is 57.8 Å². The standard InChI is InChI=1S/C22H43NO5/c1-2-3-4-11-14-21(26)15-12-9-7-5-6-8-10-13-16-22(27)28-23(17-19-24)18-20-25/h9,12,21,24-26H,2-8,10-11,13-20H2,1H3/b12-9-/t21-/m1/s1. The summed E-state index contributed by atoms with van der Waals surface area (Å²) in [4.78, 5) is 16.8. The number of carbonyl (C=O) groups excluding carboxylic acids is 1. The van der Waals surface area contributed by atoms with E-state index in [-0.39, 0.29) is 38.4 Å². The van der Waals surface area contributed by atoms with E-state index in [0.29, 0.717) is 6.42 Å². The summed E-state index contributed by atoms with van der Waals surface area (Å²) in [5, 5.41) is 28.9. The molecule has 3 N–H and O–H groups in total. The lowest BCUT2D eigenvalue weighted by molar-refractivity contribution is -0.194. The van der Waals surface area contributed by atoms with Gasteiger partial charge in [-0.2, -0.15) is 0 Å². The number of carbonyl (C=O) groups is 1. The molecule has 1 atom stereocenters. The average molecular weight is 402 g/mol. The molecule has 0 radical (unpaired) electrons. The van der Waals surface area contributed by atoms with Gasteiger partial charge in [0.05, 0.1) is 32.4 Å². The molecule has 6 nitrogen and oxygen atoms in total. The molecule has 0 aromatic carbocycles. The number of unbranched alkanes of at least 4 members (excludes halogenated alkanes) is 8. The Morgan fingerprint density at radius 2 is 1.57 bits per heavy atom. The van der Waals surface area contributed by atoms with E-state index in [2.05, 4.69) is 19.1 Å². The third kappa shape index (κ3) is 18.4. The normalized spacial score (nSPS) is 12.8. The lowest BCUT2D eigenvalue weighted by Crippen LogP contribution is -2.32.